The molecule has 0 amide bonds. The van der Waals surface area contributed by atoms with E-state index in [0.717, 1.165) is 19.3 Å². The number of nitrogens with two attached hydrogens (primary N) is 2. The molecule has 4 N–H and O–H groups in total. The number of benzene rings is 2. The summed E-state index contributed by atoms with van der Waals surface area (Å²) in [6, 6.07) is 10.5. The summed E-state index contributed by atoms with van der Waals surface area (Å²) in [5, 5.41) is 1.07. The predicted molar refractivity (Wildman–Crippen MR) is 104 cm³/mol. The molecule has 132 valence electrons. The molecule has 0 spiro atoms. The van der Waals surface area contributed by atoms with E-state index in [1.165, 1.54) is 0 Å². The molecule has 0 saturated heterocycles. The van der Waals surface area contributed by atoms with Crippen LogP contribution in [0.25, 0.3) is 0 Å². The van der Waals surface area contributed by atoms with Crippen LogP contribution in [0.3, 0.4) is 0 Å². The summed E-state index contributed by atoms with van der Waals surface area (Å²) in [4.78, 5) is 0. The molecule has 0 heterocycles. The molecule has 0 unspecified atom stereocenters. The summed E-state index contributed by atoms with van der Waals surface area (Å²) in [5.41, 5.74) is 12.5. The maximum atomic E-state index is 6.04. The van der Waals surface area contributed by atoms with E-state index in [9.17, 15) is 0 Å². The van der Waals surface area contributed by atoms with Gasteiger partial charge in [-0.15, -0.1) is 12.4 Å². The molecule has 2 aromatic rings. The Kier molecular flexibility index (Phi) is 8.90. The second-order valence-corrected chi connectivity index (χ2v) is 5.95. The van der Waals surface area contributed by atoms with Crippen molar-refractivity contribution in [2.45, 2.75) is 19.3 Å². The highest BCUT2D eigenvalue weighted by Crippen LogP contribution is 2.27. The number of unbranched alkanes of at least 4 members (excludes halogenated alkanes) is 2. The van der Waals surface area contributed by atoms with Gasteiger partial charge in [-0.2, -0.15) is 0 Å². The monoisotopic (exact) mass is 390 g/mol. The van der Waals surface area contributed by atoms with Gasteiger partial charge in [-0.05, 0) is 55.7 Å². The van der Waals surface area contributed by atoms with Crippen molar-refractivity contribution in [3.63, 3.8) is 0 Å². The molecule has 0 aliphatic carbocycles. The van der Waals surface area contributed by atoms with Crippen LogP contribution < -0.4 is 20.9 Å². The van der Waals surface area contributed by atoms with Gasteiger partial charge >= 0.3 is 0 Å². The van der Waals surface area contributed by atoms with E-state index in [0.29, 0.717) is 46.1 Å². The topological polar surface area (TPSA) is 70.5 Å². The Morgan fingerprint density at radius 2 is 1.12 bits per heavy atom. The van der Waals surface area contributed by atoms with Crippen molar-refractivity contribution in [3.8, 4) is 11.5 Å². The highest BCUT2D eigenvalue weighted by Gasteiger charge is 2.03. The lowest BCUT2D eigenvalue weighted by molar-refractivity contribution is 0.279. The fourth-order valence-electron chi connectivity index (χ4n) is 2.01. The van der Waals surface area contributed by atoms with Crippen molar-refractivity contribution >= 4 is 47.0 Å². The molecule has 0 fully saturated rings. The van der Waals surface area contributed by atoms with Crippen LogP contribution in [0.2, 0.25) is 10.0 Å². The number of hydrogen-bond acceptors (Lipinski definition) is 4. The number of rotatable bonds is 8. The first kappa shape index (κ1) is 20.6. The summed E-state index contributed by atoms with van der Waals surface area (Å²) < 4.78 is 11.3. The largest absolute Gasteiger partial charge is 0.492 e. The molecule has 7 heteroatoms. The Bertz CT molecular complexity index is 598. The first-order chi connectivity index (χ1) is 11.1. The predicted octanol–water partition coefficient (Wildman–Crippen LogP) is 5.21. The van der Waals surface area contributed by atoms with E-state index in [1.54, 1.807) is 36.4 Å². The molecule has 0 aromatic heterocycles. The average Bonchev–Trinajstić information content (AvgIpc) is 2.50. The standard InChI is InChI=1S/C17H20Cl2N2O2.ClH/c18-14-10-12(20)4-6-16(14)22-8-2-1-3-9-23-17-7-5-13(21)11-15(17)19;/h4-7,10-11H,1-3,8-9,20-21H2;1H. The third kappa shape index (κ3) is 6.56. The molecule has 2 rings (SSSR count). The molecule has 2 aromatic carbocycles. The van der Waals surface area contributed by atoms with E-state index >= 15 is 0 Å². The van der Waals surface area contributed by atoms with Crippen LogP contribution in [-0.2, 0) is 0 Å². The third-order valence-corrected chi connectivity index (χ3v) is 3.81. The van der Waals surface area contributed by atoms with Crippen molar-refractivity contribution in [1.82, 2.24) is 0 Å². The lowest BCUT2D eigenvalue weighted by Crippen LogP contribution is -2.02. The third-order valence-electron chi connectivity index (χ3n) is 3.22. The van der Waals surface area contributed by atoms with Crippen molar-refractivity contribution in [2.75, 3.05) is 24.7 Å². The van der Waals surface area contributed by atoms with Crippen LogP contribution in [-0.4, -0.2) is 13.2 Å². The first-order valence-corrected chi connectivity index (χ1v) is 8.17. The van der Waals surface area contributed by atoms with E-state index in [-0.39, 0.29) is 12.4 Å². The van der Waals surface area contributed by atoms with Gasteiger partial charge < -0.3 is 20.9 Å². The Morgan fingerprint density at radius 1 is 0.708 bits per heavy atom. The quantitative estimate of drug-likeness (QED) is 0.479. The summed E-state index contributed by atoms with van der Waals surface area (Å²) in [7, 11) is 0. The van der Waals surface area contributed by atoms with Crippen molar-refractivity contribution in [3.05, 3.63) is 46.4 Å². The molecule has 24 heavy (non-hydrogen) atoms. The smallest absolute Gasteiger partial charge is 0.138 e. The zero-order chi connectivity index (χ0) is 16.7. The summed E-state index contributed by atoms with van der Waals surface area (Å²) >= 11 is 12.1. The van der Waals surface area contributed by atoms with Gasteiger partial charge in [-0.3, -0.25) is 0 Å². The van der Waals surface area contributed by atoms with Crippen LogP contribution >= 0.6 is 35.6 Å². The second-order valence-electron chi connectivity index (χ2n) is 5.14. The summed E-state index contributed by atoms with van der Waals surface area (Å²) in [6.07, 6.45) is 2.82. The summed E-state index contributed by atoms with van der Waals surface area (Å²) in [6.45, 7) is 1.21. The summed E-state index contributed by atoms with van der Waals surface area (Å²) in [5.74, 6) is 1.32. The molecule has 4 nitrogen and oxygen atoms in total. The molecule has 0 saturated carbocycles. The Labute approximate surface area is 158 Å². The van der Waals surface area contributed by atoms with Crippen LogP contribution in [0.4, 0.5) is 11.4 Å². The molecular weight excluding hydrogens is 371 g/mol. The molecule has 0 atom stereocenters. The minimum atomic E-state index is 0. The minimum Gasteiger partial charge on any atom is -0.492 e. The van der Waals surface area contributed by atoms with Crippen molar-refractivity contribution < 1.29 is 9.47 Å². The number of hydrogen-bond donors (Lipinski definition) is 2. The van der Waals surface area contributed by atoms with Crippen molar-refractivity contribution in [2.24, 2.45) is 0 Å². The fourth-order valence-corrected chi connectivity index (χ4v) is 2.50. The minimum absolute atomic E-state index is 0. The van der Waals surface area contributed by atoms with E-state index in [1.807, 2.05) is 0 Å². The van der Waals surface area contributed by atoms with Gasteiger partial charge in [0.1, 0.15) is 11.5 Å². The van der Waals surface area contributed by atoms with Crippen LogP contribution in [0.1, 0.15) is 19.3 Å². The van der Waals surface area contributed by atoms with Crippen molar-refractivity contribution in [1.29, 1.82) is 0 Å². The van der Waals surface area contributed by atoms with Crippen LogP contribution in [0.15, 0.2) is 36.4 Å². The zero-order valence-corrected chi connectivity index (χ0v) is 15.5. The van der Waals surface area contributed by atoms with Gasteiger partial charge in [-0.25, -0.2) is 0 Å². The second kappa shape index (κ2) is 10.4. The number of halogens is 3. The number of nitrogen functional groups attached to an aromatic ring is 2. The number of ether oxygens (including phenoxy) is 2. The average molecular weight is 392 g/mol. The lowest BCUT2D eigenvalue weighted by atomic mass is 10.2. The maximum absolute atomic E-state index is 6.04. The van der Waals surface area contributed by atoms with Gasteiger partial charge in [0, 0.05) is 11.4 Å². The normalized spacial score (nSPS) is 10.1. The molecule has 0 radical (unpaired) electrons. The SMILES string of the molecule is Cl.Nc1ccc(OCCCCCOc2ccc(N)cc2Cl)c(Cl)c1. The van der Waals surface area contributed by atoms with E-state index in [2.05, 4.69) is 0 Å². The van der Waals surface area contributed by atoms with Crippen LogP contribution in [0, 0.1) is 0 Å². The first-order valence-electron chi connectivity index (χ1n) is 7.42. The molecular formula is C17H21Cl3N2O2. The van der Waals surface area contributed by atoms with Gasteiger partial charge in [0.25, 0.3) is 0 Å². The lowest BCUT2D eigenvalue weighted by Gasteiger charge is -2.10. The Morgan fingerprint density at radius 3 is 1.50 bits per heavy atom. The highest BCUT2D eigenvalue weighted by atomic mass is 35.5. The van der Waals surface area contributed by atoms with E-state index in [4.69, 9.17) is 44.1 Å². The fraction of sp³-hybridized carbons (Fsp3) is 0.294. The van der Waals surface area contributed by atoms with Gasteiger partial charge in [0.15, 0.2) is 0 Å². The Hall–Kier alpha value is -1.49. The van der Waals surface area contributed by atoms with Crippen LogP contribution in [0.5, 0.6) is 11.5 Å². The molecule has 0 aliphatic rings. The Balaban J connectivity index is 0.00000288. The maximum Gasteiger partial charge on any atom is 0.138 e. The van der Waals surface area contributed by atoms with Gasteiger partial charge in [0.05, 0.1) is 23.3 Å². The van der Waals surface area contributed by atoms with Gasteiger partial charge in [-0.1, -0.05) is 23.2 Å². The molecule has 0 aliphatic heterocycles. The highest BCUT2D eigenvalue weighted by molar-refractivity contribution is 6.32. The van der Waals surface area contributed by atoms with E-state index < -0.39 is 0 Å². The number of anilines is 2. The zero-order valence-electron chi connectivity index (χ0n) is 13.1. The van der Waals surface area contributed by atoms with Gasteiger partial charge in [0.2, 0.25) is 0 Å². The molecule has 0 bridgehead atoms.